The lowest BCUT2D eigenvalue weighted by Crippen LogP contribution is -2.52. The van der Waals surface area contributed by atoms with E-state index in [9.17, 15) is 4.79 Å². The molecule has 1 amide bonds. The second-order valence-corrected chi connectivity index (χ2v) is 13.8. The van der Waals surface area contributed by atoms with Crippen molar-refractivity contribution in [3.63, 3.8) is 0 Å². The minimum atomic E-state index is -0.623. The Kier molecular flexibility index (Phi) is 8.92. The average molecular weight is 628 g/mol. The zero-order valence-corrected chi connectivity index (χ0v) is 26.9. The van der Waals surface area contributed by atoms with Crippen LogP contribution in [0.4, 0.5) is 10.7 Å². The normalized spacial score (nSPS) is 20.3. The molecule has 1 unspecified atom stereocenters. The summed E-state index contributed by atoms with van der Waals surface area (Å²) in [6.07, 6.45) is 8.46. The van der Waals surface area contributed by atoms with Gasteiger partial charge in [0.05, 0.1) is 17.2 Å². The van der Waals surface area contributed by atoms with E-state index in [1.807, 2.05) is 63.0 Å². The number of rotatable bonds is 9. The molecule has 12 heteroatoms. The van der Waals surface area contributed by atoms with Gasteiger partial charge in [0.2, 0.25) is 5.95 Å². The van der Waals surface area contributed by atoms with Gasteiger partial charge in [-0.25, -0.2) is 14.8 Å². The van der Waals surface area contributed by atoms with Crippen LogP contribution in [0.1, 0.15) is 41.0 Å². The smallest absolute Gasteiger partial charge is 0.410 e. The van der Waals surface area contributed by atoms with Crippen LogP contribution >= 0.6 is 23.2 Å². The van der Waals surface area contributed by atoms with Crippen LogP contribution < -0.4 is 5.32 Å². The number of hydrogen-bond acceptors (Lipinski definition) is 7. The number of halogens is 2. The van der Waals surface area contributed by atoms with Gasteiger partial charge in [0.25, 0.3) is 0 Å². The number of alkyl halides is 2. The fourth-order valence-corrected chi connectivity index (χ4v) is 5.74. The van der Waals surface area contributed by atoms with Gasteiger partial charge < -0.3 is 19.9 Å². The molecule has 1 aliphatic heterocycles. The molecule has 2 fully saturated rings. The number of anilines is 1. The fourth-order valence-electron chi connectivity index (χ4n) is 5.23. The number of aliphatic imine (C=N–C) groups is 1. The van der Waals surface area contributed by atoms with Gasteiger partial charge in [0, 0.05) is 56.4 Å². The monoisotopic (exact) mass is 626 g/mol. The minimum Gasteiger partial charge on any atom is -0.444 e. The van der Waals surface area contributed by atoms with Crippen molar-refractivity contribution in [2.45, 2.75) is 63.6 Å². The van der Waals surface area contributed by atoms with Gasteiger partial charge in [-0.05, 0) is 77.1 Å². The Labute approximate surface area is 262 Å². The van der Waals surface area contributed by atoms with E-state index in [0.717, 1.165) is 47.2 Å². The van der Waals surface area contributed by atoms with Gasteiger partial charge in [0.15, 0.2) is 0 Å². The van der Waals surface area contributed by atoms with Gasteiger partial charge in [-0.2, -0.15) is 5.10 Å². The number of imidazole rings is 1. The molecule has 2 aromatic heterocycles. The summed E-state index contributed by atoms with van der Waals surface area (Å²) in [4.78, 5) is 28.9. The maximum Gasteiger partial charge on any atom is 0.410 e. The Balaban J connectivity index is 1.22. The van der Waals surface area contributed by atoms with E-state index in [2.05, 4.69) is 51.1 Å². The molecule has 1 aliphatic carbocycles. The third-order valence-corrected chi connectivity index (χ3v) is 8.79. The molecule has 0 radical (unpaired) electrons. The number of ether oxygens (including phenoxy) is 1. The number of piperazine rings is 1. The van der Waals surface area contributed by atoms with Crippen LogP contribution in [0.15, 0.2) is 59.1 Å². The minimum absolute atomic E-state index is 0.119. The van der Waals surface area contributed by atoms with Crippen LogP contribution in [0.25, 0.3) is 22.2 Å². The van der Waals surface area contributed by atoms with Crippen molar-refractivity contribution in [3.05, 3.63) is 54.1 Å². The van der Waals surface area contributed by atoms with Crippen LogP contribution in [-0.2, 0) is 11.3 Å². The predicted molar refractivity (Wildman–Crippen MR) is 174 cm³/mol. The molecule has 2 aliphatic rings. The first-order chi connectivity index (χ1) is 20.3. The molecule has 0 spiro atoms. The first-order valence-electron chi connectivity index (χ1n) is 14.6. The van der Waals surface area contributed by atoms with Gasteiger partial charge in [0.1, 0.15) is 15.8 Å². The number of nitrogens with zero attached hydrogens (tertiary/aromatic N) is 6. The number of aromatic nitrogens is 4. The fraction of sp³-hybridized carbons (Fsp3) is 0.484. The maximum absolute atomic E-state index is 12.5. The molecule has 3 aromatic rings. The third kappa shape index (κ3) is 7.60. The summed E-state index contributed by atoms with van der Waals surface area (Å²) in [6.45, 7) is 17.0. The maximum atomic E-state index is 12.5. The zero-order valence-electron chi connectivity index (χ0n) is 25.4. The molecular formula is C31H40Cl2N8O2. The molecule has 230 valence electrons. The zero-order chi connectivity index (χ0) is 30.9. The molecule has 3 heterocycles. The number of fused-ring (bicyclic) bond motifs is 1. The van der Waals surface area contributed by atoms with Gasteiger partial charge >= 0.3 is 6.09 Å². The molecule has 10 nitrogen and oxygen atoms in total. The molecule has 0 bridgehead atoms. The van der Waals surface area contributed by atoms with E-state index in [-0.39, 0.29) is 18.1 Å². The number of H-pyrrole nitrogens is 1. The highest BCUT2D eigenvalue weighted by Gasteiger charge is 2.51. The summed E-state index contributed by atoms with van der Waals surface area (Å²) in [5, 5.41) is 7.76. The van der Waals surface area contributed by atoms with Crippen molar-refractivity contribution in [1.29, 1.82) is 0 Å². The van der Waals surface area contributed by atoms with Crippen LogP contribution in [0.2, 0.25) is 0 Å². The number of amides is 1. The molecule has 1 saturated carbocycles. The SMILES string of the molecule is C=N/C(=C\C(=C/C)C(C)N1CCN(C(=O)OC(C)(C)C)CC1)Nc1nc2ccc(-c3cnn(C[C@@H]4CC4(Cl)Cl)c3)cc2[nH]1. The standard InChI is InChI=1S/C31H40Cl2N8O2/c1-7-21(20(2)39-10-12-40(13-11-39)29(42)43-30(3,4)5)15-27(34-6)38-28-36-25-9-8-22(14-26(25)37-28)23-17-35-41(18-23)19-24-16-31(24,32)33/h7-9,14-15,17-18,20,24H,6,10-13,16,19H2,1-5H3,(H2,36,37,38)/b21-7+,27-15+/t20?,24-/m0/s1. The van der Waals surface area contributed by atoms with Gasteiger partial charge in [-0.3, -0.25) is 9.58 Å². The quantitative estimate of drug-likeness (QED) is 0.160. The summed E-state index contributed by atoms with van der Waals surface area (Å²) in [6, 6.07) is 6.19. The summed E-state index contributed by atoms with van der Waals surface area (Å²) in [5.74, 6) is 1.39. The first-order valence-corrected chi connectivity index (χ1v) is 15.3. The molecule has 43 heavy (non-hydrogen) atoms. The van der Waals surface area contributed by atoms with Crippen molar-refractivity contribution >= 4 is 53.0 Å². The van der Waals surface area contributed by atoms with Crippen molar-refractivity contribution in [2.75, 3.05) is 31.5 Å². The topological polar surface area (TPSA) is 104 Å². The Morgan fingerprint density at radius 1 is 1.28 bits per heavy atom. The Hall–Kier alpha value is -3.34. The molecular weight excluding hydrogens is 587 g/mol. The van der Waals surface area contributed by atoms with Crippen LogP contribution in [-0.4, -0.2) is 84.5 Å². The molecule has 5 rings (SSSR count). The Bertz CT molecular complexity index is 1540. The van der Waals surface area contributed by atoms with Crippen molar-refractivity contribution < 1.29 is 9.53 Å². The molecule has 1 saturated heterocycles. The number of allylic oxidation sites excluding steroid dienone is 1. The first kappa shape index (κ1) is 31.1. The molecule has 2 N–H and O–H groups in total. The lowest BCUT2D eigenvalue weighted by atomic mass is 10.1. The van der Waals surface area contributed by atoms with Crippen molar-refractivity contribution in [3.8, 4) is 11.1 Å². The number of aromatic amines is 1. The predicted octanol–water partition coefficient (Wildman–Crippen LogP) is 6.46. The average Bonchev–Trinajstić information content (AvgIpc) is 3.29. The van der Waals surface area contributed by atoms with E-state index in [1.165, 1.54) is 0 Å². The number of carbonyl (C=O) groups excluding carboxylic acids is 1. The molecule has 2 atom stereocenters. The van der Waals surface area contributed by atoms with Crippen LogP contribution in [0, 0.1) is 5.92 Å². The molecule has 1 aromatic carbocycles. The summed E-state index contributed by atoms with van der Waals surface area (Å²) in [7, 11) is 0. The highest BCUT2D eigenvalue weighted by Crippen LogP contribution is 2.53. The summed E-state index contributed by atoms with van der Waals surface area (Å²) < 4.78 is 6.81. The van der Waals surface area contributed by atoms with Gasteiger partial charge in [-0.1, -0.05) is 12.1 Å². The number of benzene rings is 1. The number of carbonyl (C=O) groups is 1. The van der Waals surface area contributed by atoms with Crippen LogP contribution in [0.3, 0.4) is 0 Å². The summed E-state index contributed by atoms with van der Waals surface area (Å²) >= 11 is 12.4. The second-order valence-electron chi connectivity index (χ2n) is 12.2. The van der Waals surface area contributed by atoms with Crippen molar-refractivity contribution in [1.82, 2.24) is 29.5 Å². The largest absolute Gasteiger partial charge is 0.444 e. The Morgan fingerprint density at radius 2 is 2.00 bits per heavy atom. The van der Waals surface area contributed by atoms with Crippen molar-refractivity contribution in [2.24, 2.45) is 10.9 Å². The number of hydrogen-bond donors (Lipinski definition) is 2. The van der Waals surface area contributed by atoms with Crippen LogP contribution in [0.5, 0.6) is 0 Å². The van der Waals surface area contributed by atoms with E-state index in [4.69, 9.17) is 32.9 Å². The highest BCUT2D eigenvalue weighted by atomic mass is 35.5. The second kappa shape index (κ2) is 12.3. The van der Waals surface area contributed by atoms with E-state index >= 15 is 0 Å². The third-order valence-electron chi connectivity index (χ3n) is 7.86. The lowest BCUT2D eigenvalue weighted by Gasteiger charge is -2.38. The van der Waals surface area contributed by atoms with E-state index in [0.29, 0.717) is 31.4 Å². The lowest BCUT2D eigenvalue weighted by molar-refractivity contribution is 0.0126. The summed E-state index contributed by atoms with van der Waals surface area (Å²) in [5.41, 5.74) is 4.34. The van der Waals surface area contributed by atoms with E-state index < -0.39 is 9.93 Å². The highest BCUT2D eigenvalue weighted by molar-refractivity contribution is 6.50. The van der Waals surface area contributed by atoms with Gasteiger partial charge in [-0.15, -0.1) is 23.2 Å². The van der Waals surface area contributed by atoms with E-state index in [1.54, 1.807) is 4.90 Å². The number of nitrogens with one attached hydrogen (secondary N) is 2. The Morgan fingerprint density at radius 3 is 2.63 bits per heavy atom.